The fourth-order valence-corrected chi connectivity index (χ4v) is 7.32. The van der Waals surface area contributed by atoms with Crippen LogP contribution in [0.3, 0.4) is 0 Å². The topological polar surface area (TPSA) is 305 Å². The monoisotopic (exact) mass is 1150 g/mol. The Kier molecular flexibility index (Phi) is 33.7. The molecule has 0 aliphatic heterocycles. The third-order valence-electron chi connectivity index (χ3n) is 11.8. The fourth-order valence-electron chi connectivity index (χ4n) is 7.32. The van der Waals surface area contributed by atoms with Gasteiger partial charge in [0.1, 0.15) is 6.61 Å². The molecule has 3 atom stereocenters. The Bertz CT molecular complexity index is 2290. The van der Waals surface area contributed by atoms with Crippen molar-refractivity contribution < 1.29 is 99.1 Å². The highest BCUT2D eigenvalue weighted by Crippen LogP contribution is 2.29. The van der Waals surface area contributed by atoms with Gasteiger partial charge in [-0.05, 0) is 49.7 Å². The predicted molar refractivity (Wildman–Crippen MR) is 275 cm³/mol. The average Bonchev–Trinajstić information content (AvgIpc) is 3.91. The molecule has 80 heavy (non-hydrogen) atoms. The lowest BCUT2D eigenvalue weighted by Gasteiger charge is -2.30. The minimum atomic E-state index is -2.37. The molecule has 2 amide bonds. The third-order valence-corrected chi connectivity index (χ3v) is 11.8. The molecule has 3 rings (SSSR count). The van der Waals surface area contributed by atoms with Gasteiger partial charge in [-0.15, -0.1) is 5.10 Å². The Balaban J connectivity index is 1.23. The molecule has 0 fully saturated rings. The van der Waals surface area contributed by atoms with Gasteiger partial charge in [-0.25, -0.2) is 22.6 Å². The molecule has 8 N–H and O–H groups in total. The number of hydrogen-bond acceptors (Lipinski definition) is 19. The van der Waals surface area contributed by atoms with Crippen molar-refractivity contribution in [3.8, 4) is 5.75 Å². The predicted octanol–water partition coefficient (Wildman–Crippen LogP) is 2.85. The Morgan fingerprint density at radius 2 is 1.36 bits per heavy atom. The largest absolute Gasteiger partial charge is 0.477 e. The van der Waals surface area contributed by atoms with Gasteiger partial charge >= 0.3 is 11.9 Å². The molecule has 3 aromatic rings. The van der Waals surface area contributed by atoms with E-state index in [1.165, 1.54) is 7.11 Å². The maximum atomic E-state index is 13.6. The van der Waals surface area contributed by atoms with Crippen LogP contribution < -0.4 is 26.4 Å². The molecule has 1 heterocycles. The van der Waals surface area contributed by atoms with Gasteiger partial charge in [0.2, 0.25) is 46.6 Å². The summed E-state index contributed by atoms with van der Waals surface area (Å²) in [7, 11) is 2.85. The first-order chi connectivity index (χ1) is 38.5. The lowest BCUT2D eigenvalue weighted by atomic mass is 9.99. The molecule has 1 aromatic heterocycles. The summed E-state index contributed by atoms with van der Waals surface area (Å²) in [5, 5.41) is 47.0. The molecule has 0 spiro atoms. The Morgan fingerprint density at radius 1 is 0.750 bits per heavy atom. The van der Waals surface area contributed by atoms with Crippen molar-refractivity contribution >= 4 is 29.5 Å². The lowest BCUT2D eigenvalue weighted by Crippen LogP contribution is -2.46. The first-order valence-corrected chi connectivity index (χ1v) is 26.1. The second kappa shape index (κ2) is 39.4. The van der Waals surface area contributed by atoms with Crippen LogP contribution in [0.1, 0.15) is 74.6 Å². The van der Waals surface area contributed by atoms with E-state index in [1.54, 1.807) is 42.3 Å². The number of rotatable bonds is 46. The van der Waals surface area contributed by atoms with Gasteiger partial charge in [-0.2, -0.15) is 8.78 Å². The van der Waals surface area contributed by atoms with Crippen molar-refractivity contribution in [1.29, 1.82) is 0 Å². The number of esters is 1. The second-order valence-corrected chi connectivity index (χ2v) is 17.8. The van der Waals surface area contributed by atoms with Gasteiger partial charge in [0.15, 0.2) is 0 Å². The maximum absolute atomic E-state index is 13.6. The van der Waals surface area contributed by atoms with Crippen molar-refractivity contribution in [2.24, 2.45) is 5.73 Å². The minimum Gasteiger partial charge on any atom is -0.477 e. The summed E-state index contributed by atoms with van der Waals surface area (Å²) >= 11 is 0. The van der Waals surface area contributed by atoms with Crippen molar-refractivity contribution in [2.45, 2.75) is 95.1 Å². The number of carboxylic acid groups (broad SMARTS) is 1. The summed E-state index contributed by atoms with van der Waals surface area (Å²) in [5.41, 5.74) is 8.92. The van der Waals surface area contributed by atoms with Crippen molar-refractivity contribution in [3.63, 3.8) is 0 Å². The number of nitrogens with one attached hydrogen (secondary N) is 3. The number of nitrogens with zero attached hydrogens (tertiary/aromatic N) is 3. The molecule has 450 valence electrons. The SMILES string of the molecule is COCCOCCn1cc(CCCCCCO[C@](CCC(CCC(O)CNC(=O)Cc2ccc(/C(N)=C/NCCOCCOCCOCCOCCC(=O)Oc3c(F)c(F)c(F)c(F)c3F)cc2)NC(=O)CO)(OC)C(=O)O)nn1. The van der Waals surface area contributed by atoms with E-state index in [0.717, 1.165) is 31.4 Å². The second-order valence-electron chi connectivity index (χ2n) is 17.8. The minimum absolute atomic E-state index is 0.0248. The number of benzene rings is 2. The molecule has 0 saturated heterocycles. The van der Waals surface area contributed by atoms with E-state index in [9.17, 15) is 56.4 Å². The number of amides is 2. The Labute approximate surface area is 460 Å². The number of methoxy groups -OCH3 is 2. The molecule has 2 unspecified atom stereocenters. The molecule has 0 aliphatic rings. The zero-order valence-electron chi connectivity index (χ0n) is 45.2. The number of aliphatic hydroxyl groups is 2. The number of aliphatic carboxylic acids is 1. The smallest absolute Gasteiger partial charge is 0.364 e. The summed E-state index contributed by atoms with van der Waals surface area (Å²) in [5.74, 6) is -18.6. The molecule has 28 heteroatoms. The first-order valence-electron chi connectivity index (χ1n) is 26.1. The number of halogens is 5. The number of carbonyl (C=O) groups excluding carboxylic acids is 3. The summed E-state index contributed by atoms with van der Waals surface area (Å²) in [6.07, 6.45) is 6.09. The van der Waals surface area contributed by atoms with Crippen LogP contribution in [0.25, 0.3) is 5.70 Å². The van der Waals surface area contributed by atoms with Gasteiger partial charge in [-0.3, -0.25) is 14.4 Å². The molecule has 23 nitrogen and oxygen atoms in total. The molecule has 0 bridgehead atoms. The molecular weight excluding hydrogens is 1070 g/mol. The van der Waals surface area contributed by atoms with Crippen LogP contribution >= 0.6 is 0 Å². The van der Waals surface area contributed by atoms with Crippen LogP contribution in [0, 0.1) is 29.1 Å². The van der Waals surface area contributed by atoms with E-state index in [1.807, 2.05) is 6.20 Å². The standard InChI is InChI=1S/C52H76F5N7O16/c1-72-23-24-76-22-18-64-34-39(62-63-64)7-5-3-4-6-19-79-52(73-2,51(70)71)16-14-38(61-43(68)35-65)12-13-40(66)32-60-42(67)31-36-8-10-37(11-9-36)41(58)33-59-17-21-75-26-28-78-30-29-77-27-25-74-20-15-44(69)80-50-48(56)46(54)45(53)47(55)49(50)57/h8-11,33-34,38,40,59,65-66H,3-7,12-32,35,58H2,1-2H3,(H,60,67)(H,61,68)(H,70,71)/b41-33-/t38?,40?,52-/m0/s1. The van der Waals surface area contributed by atoms with E-state index in [0.29, 0.717) is 76.0 Å². The quantitative estimate of drug-likeness (QED) is 0.00814. The normalized spacial score (nSPS) is 13.2. The Morgan fingerprint density at radius 3 is 2.00 bits per heavy atom. The average molecular weight is 1150 g/mol. The number of carbonyl (C=O) groups is 4. The van der Waals surface area contributed by atoms with Crippen molar-refractivity contribution in [2.75, 3.05) is 113 Å². The van der Waals surface area contributed by atoms with Crippen LogP contribution in [0.2, 0.25) is 0 Å². The van der Waals surface area contributed by atoms with Crippen LogP contribution in [-0.2, 0) is 76.5 Å². The number of hydrogen-bond donors (Lipinski definition) is 7. The highest BCUT2D eigenvalue weighted by Gasteiger charge is 2.40. The number of ether oxygens (including phenoxy) is 9. The third kappa shape index (κ3) is 26.5. The number of aliphatic hydroxyl groups excluding tert-OH is 2. The van der Waals surface area contributed by atoms with Crippen LogP contribution in [-0.4, -0.2) is 185 Å². The van der Waals surface area contributed by atoms with Gasteiger partial charge in [-0.1, -0.05) is 42.3 Å². The van der Waals surface area contributed by atoms with Crippen molar-refractivity contribution in [3.05, 3.63) is 82.6 Å². The number of unbranched alkanes of at least 4 members (excludes halogenated alkanes) is 3. The zero-order valence-corrected chi connectivity index (χ0v) is 45.2. The summed E-state index contributed by atoms with van der Waals surface area (Å²) < 4.78 is 116. The van der Waals surface area contributed by atoms with Gasteiger partial charge in [0.05, 0.1) is 116 Å². The number of aryl methyl sites for hydroxylation is 1. The summed E-state index contributed by atoms with van der Waals surface area (Å²) in [6.45, 7) is 3.12. The van der Waals surface area contributed by atoms with Crippen LogP contribution in [0.15, 0.2) is 36.7 Å². The number of nitrogens with two attached hydrogens (primary N) is 1. The van der Waals surface area contributed by atoms with Crippen LogP contribution in [0.5, 0.6) is 5.75 Å². The highest BCUT2D eigenvalue weighted by molar-refractivity contribution is 5.79. The fraction of sp³-hybridized carbons (Fsp3) is 0.615. The molecule has 2 aromatic carbocycles. The van der Waals surface area contributed by atoms with Crippen molar-refractivity contribution in [1.82, 2.24) is 30.9 Å². The first kappa shape index (κ1) is 68.3. The van der Waals surface area contributed by atoms with Crippen LogP contribution in [0.4, 0.5) is 22.0 Å². The number of carboxylic acids is 1. The maximum Gasteiger partial charge on any atom is 0.364 e. The van der Waals surface area contributed by atoms with Gasteiger partial charge < -0.3 is 79.6 Å². The van der Waals surface area contributed by atoms with E-state index >= 15 is 0 Å². The lowest BCUT2D eigenvalue weighted by molar-refractivity contribution is -0.238. The van der Waals surface area contributed by atoms with E-state index in [2.05, 4.69) is 31.0 Å². The molecular formula is C52H76F5N7O16. The summed E-state index contributed by atoms with van der Waals surface area (Å²) in [6, 6.07) is 6.36. The molecule has 0 saturated carbocycles. The highest BCUT2D eigenvalue weighted by atomic mass is 19.2. The van der Waals surface area contributed by atoms with E-state index < -0.39 is 83.6 Å². The van der Waals surface area contributed by atoms with Gasteiger partial charge in [0.25, 0.3) is 5.79 Å². The van der Waals surface area contributed by atoms with E-state index in [4.69, 9.17) is 43.6 Å². The zero-order chi connectivity index (χ0) is 58.5. The number of aromatic nitrogens is 3. The molecule has 0 aliphatic carbocycles. The molecule has 0 radical (unpaired) electrons. The summed E-state index contributed by atoms with van der Waals surface area (Å²) in [4.78, 5) is 49.1. The van der Waals surface area contributed by atoms with E-state index in [-0.39, 0.29) is 84.2 Å². The Hall–Kier alpha value is -5.95. The van der Waals surface area contributed by atoms with Gasteiger partial charge in [0, 0.05) is 52.2 Å².